The number of nitrogens with zero attached hydrogens (tertiary/aromatic N) is 3. The van der Waals surface area contributed by atoms with Crippen molar-refractivity contribution >= 4 is 15.9 Å². The van der Waals surface area contributed by atoms with Crippen LogP contribution in [-0.2, 0) is 6.54 Å². The molecule has 0 amide bonds. The average Bonchev–Trinajstić information content (AvgIpc) is 3.23. The van der Waals surface area contributed by atoms with E-state index < -0.39 is 0 Å². The molecule has 25 heavy (non-hydrogen) atoms. The number of aromatic nitrogens is 2. The van der Waals surface area contributed by atoms with Crippen LogP contribution in [-0.4, -0.2) is 33.8 Å². The van der Waals surface area contributed by atoms with Crippen LogP contribution in [0.1, 0.15) is 17.0 Å². The molecule has 2 atom stereocenters. The maximum Gasteiger partial charge on any atom is 0.0646 e. The van der Waals surface area contributed by atoms with Crippen LogP contribution in [0, 0.1) is 0 Å². The summed E-state index contributed by atoms with van der Waals surface area (Å²) in [7, 11) is 0. The van der Waals surface area contributed by atoms with Gasteiger partial charge < -0.3 is 5.73 Å². The van der Waals surface area contributed by atoms with Crippen molar-refractivity contribution in [3.63, 3.8) is 0 Å². The summed E-state index contributed by atoms with van der Waals surface area (Å²) < 4.78 is 2.99. The highest BCUT2D eigenvalue weighted by molar-refractivity contribution is 9.10. The normalized spacial score (nSPS) is 20.9. The van der Waals surface area contributed by atoms with Gasteiger partial charge in [-0.15, -0.1) is 0 Å². The van der Waals surface area contributed by atoms with E-state index in [2.05, 4.69) is 74.6 Å². The van der Waals surface area contributed by atoms with Gasteiger partial charge in [0, 0.05) is 47.8 Å². The summed E-state index contributed by atoms with van der Waals surface area (Å²) in [5.41, 5.74) is 10.0. The maximum absolute atomic E-state index is 6.40. The van der Waals surface area contributed by atoms with Gasteiger partial charge in [0.25, 0.3) is 0 Å². The molecule has 1 aliphatic rings. The second-order valence-electron chi connectivity index (χ2n) is 6.64. The van der Waals surface area contributed by atoms with E-state index in [1.165, 1.54) is 11.1 Å². The number of likely N-dealkylation sites (tertiary alicyclic amines) is 1. The average molecular weight is 397 g/mol. The van der Waals surface area contributed by atoms with Gasteiger partial charge in [-0.1, -0.05) is 46.3 Å². The van der Waals surface area contributed by atoms with Gasteiger partial charge in [-0.05, 0) is 29.8 Å². The van der Waals surface area contributed by atoms with Gasteiger partial charge in [-0.3, -0.25) is 4.90 Å². The van der Waals surface area contributed by atoms with E-state index in [0.717, 1.165) is 29.8 Å². The first-order valence-corrected chi connectivity index (χ1v) is 9.31. The van der Waals surface area contributed by atoms with Crippen LogP contribution >= 0.6 is 15.9 Å². The van der Waals surface area contributed by atoms with Gasteiger partial charge in [-0.25, -0.2) is 4.68 Å². The summed E-state index contributed by atoms with van der Waals surface area (Å²) in [6.07, 6.45) is 4.05. The topological polar surface area (TPSA) is 47.1 Å². The first-order chi connectivity index (χ1) is 12.2. The van der Waals surface area contributed by atoms with Crippen molar-refractivity contribution in [3.8, 4) is 5.69 Å². The van der Waals surface area contributed by atoms with Crippen molar-refractivity contribution < 1.29 is 0 Å². The van der Waals surface area contributed by atoms with Gasteiger partial charge in [0.05, 0.1) is 11.9 Å². The summed E-state index contributed by atoms with van der Waals surface area (Å²) >= 11 is 3.46. The zero-order chi connectivity index (χ0) is 17.2. The Hall–Kier alpha value is -1.95. The molecule has 2 aromatic carbocycles. The van der Waals surface area contributed by atoms with Crippen molar-refractivity contribution in [1.82, 2.24) is 14.7 Å². The summed E-state index contributed by atoms with van der Waals surface area (Å²) in [6.45, 7) is 2.80. The van der Waals surface area contributed by atoms with Crippen LogP contribution in [0.25, 0.3) is 5.69 Å². The molecule has 4 rings (SSSR count). The molecule has 2 N–H and O–H groups in total. The third-order valence-electron chi connectivity index (χ3n) is 4.80. The lowest BCUT2D eigenvalue weighted by Gasteiger charge is -2.15. The highest BCUT2D eigenvalue weighted by Crippen LogP contribution is 2.27. The number of hydrogen-bond donors (Lipinski definition) is 1. The fourth-order valence-corrected chi connectivity index (χ4v) is 3.79. The largest absolute Gasteiger partial charge is 0.326 e. The molecule has 1 fully saturated rings. The van der Waals surface area contributed by atoms with Crippen LogP contribution in [0.4, 0.5) is 0 Å². The Morgan fingerprint density at radius 2 is 1.80 bits per heavy atom. The number of halogens is 1. The SMILES string of the molecule is N[C@@H]1CN(Cc2cnn(-c3ccc(Br)cc3)c2)C[C@H]1c1ccccc1. The second kappa shape index (κ2) is 7.12. The second-order valence-corrected chi connectivity index (χ2v) is 7.56. The molecule has 0 unspecified atom stereocenters. The van der Waals surface area contributed by atoms with Gasteiger partial charge in [0.2, 0.25) is 0 Å². The third kappa shape index (κ3) is 3.68. The molecule has 0 bridgehead atoms. The van der Waals surface area contributed by atoms with E-state index in [-0.39, 0.29) is 6.04 Å². The molecule has 0 spiro atoms. The number of hydrogen-bond acceptors (Lipinski definition) is 3. The third-order valence-corrected chi connectivity index (χ3v) is 5.33. The van der Waals surface area contributed by atoms with Crippen molar-refractivity contribution in [2.45, 2.75) is 18.5 Å². The number of nitrogens with two attached hydrogens (primary N) is 1. The van der Waals surface area contributed by atoms with E-state index in [1.54, 1.807) is 0 Å². The van der Waals surface area contributed by atoms with E-state index >= 15 is 0 Å². The zero-order valence-corrected chi connectivity index (χ0v) is 15.5. The Morgan fingerprint density at radius 3 is 2.56 bits per heavy atom. The Bertz CT molecular complexity index is 828. The molecule has 2 heterocycles. The number of rotatable bonds is 4. The Labute approximate surface area is 156 Å². The van der Waals surface area contributed by atoms with E-state index in [9.17, 15) is 0 Å². The van der Waals surface area contributed by atoms with Crippen molar-refractivity contribution in [1.29, 1.82) is 0 Å². The Kier molecular flexibility index (Phi) is 4.70. The molecular weight excluding hydrogens is 376 g/mol. The van der Waals surface area contributed by atoms with Gasteiger partial charge >= 0.3 is 0 Å². The lowest BCUT2D eigenvalue weighted by atomic mass is 9.95. The summed E-state index contributed by atoms with van der Waals surface area (Å²) in [5.74, 6) is 0.405. The molecule has 1 saturated heterocycles. The minimum Gasteiger partial charge on any atom is -0.326 e. The summed E-state index contributed by atoms with van der Waals surface area (Å²) in [5, 5.41) is 4.50. The minimum absolute atomic E-state index is 0.184. The minimum atomic E-state index is 0.184. The van der Waals surface area contributed by atoms with Crippen molar-refractivity contribution in [2.75, 3.05) is 13.1 Å². The molecule has 0 saturated carbocycles. The lowest BCUT2D eigenvalue weighted by molar-refractivity contribution is 0.324. The first-order valence-electron chi connectivity index (χ1n) is 8.51. The molecule has 3 aromatic rings. The van der Waals surface area contributed by atoms with Crippen LogP contribution in [0.5, 0.6) is 0 Å². The molecule has 0 aliphatic carbocycles. The van der Waals surface area contributed by atoms with E-state index in [1.807, 2.05) is 23.0 Å². The molecule has 5 heteroatoms. The molecule has 1 aliphatic heterocycles. The summed E-state index contributed by atoms with van der Waals surface area (Å²) in [4.78, 5) is 2.42. The predicted molar refractivity (Wildman–Crippen MR) is 104 cm³/mol. The molecule has 128 valence electrons. The van der Waals surface area contributed by atoms with Crippen LogP contribution in [0.2, 0.25) is 0 Å². The lowest BCUT2D eigenvalue weighted by Crippen LogP contribution is -2.28. The molecule has 1 aromatic heterocycles. The van der Waals surface area contributed by atoms with Crippen LogP contribution in [0.15, 0.2) is 71.5 Å². The van der Waals surface area contributed by atoms with Crippen molar-refractivity contribution in [2.24, 2.45) is 5.73 Å². The Balaban J connectivity index is 1.44. The number of benzene rings is 2. The molecular formula is C20H21BrN4. The maximum atomic E-state index is 6.40. The van der Waals surface area contributed by atoms with Crippen LogP contribution < -0.4 is 5.73 Å². The van der Waals surface area contributed by atoms with Crippen LogP contribution in [0.3, 0.4) is 0 Å². The zero-order valence-electron chi connectivity index (χ0n) is 13.9. The smallest absolute Gasteiger partial charge is 0.0646 e. The van der Waals surface area contributed by atoms with Gasteiger partial charge in [-0.2, -0.15) is 5.10 Å². The van der Waals surface area contributed by atoms with E-state index in [0.29, 0.717) is 5.92 Å². The predicted octanol–water partition coefficient (Wildman–Crippen LogP) is 3.56. The molecule has 4 nitrogen and oxygen atoms in total. The fourth-order valence-electron chi connectivity index (χ4n) is 3.53. The van der Waals surface area contributed by atoms with Crippen molar-refractivity contribution in [3.05, 3.63) is 82.6 Å². The quantitative estimate of drug-likeness (QED) is 0.733. The first kappa shape index (κ1) is 16.5. The highest BCUT2D eigenvalue weighted by atomic mass is 79.9. The fraction of sp³-hybridized carbons (Fsp3) is 0.250. The standard InChI is InChI=1S/C20H21BrN4/c21-17-6-8-18(9-7-17)25-12-15(10-23-25)11-24-13-19(20(22)14-24)16-4-2-1-3-5-16/h1-10,12,19-20H,11,13-14,22H2/t19-,20+/m0/s1. The van der Waals surface area contributed by atoms with E-state index in [4.69, 9.17) is 5.73 Å². The Morgan fingerprint density at radius 1 is 1.04 bits per heavy atom. The monoisotopic (exact) mass is 396 g/mol. The van der Waals surface area contributed by atoms with Gasteiger partial charge in [0.1, 0.15) is 0 Å². The van der Waals surface area contributed by atoms with Gasteiger partial charge in [0.15, 0.2) is 0 Å². The molecule has 0 radical (unpaired) electrons. The highest BCUT2D eigenvalue weighted by Gasteiger charge is 2.31. The summed E-state index contributed by atoms with van der Waals surface area (Å²) in [6, 6.07) is 18.9.